The highest BCUT2D eigenvalue weighted by Crippen LogP contribution is 2.23. The smallest absolute Gasteiger partial charge is 0.278 e. The lowest BCUT2D eigenvalue weighted by molar-refractivity contribution is 0.0952. The van der Waals surface area contributed by atoms with E-state index < -0.39 is 0 Å². The number of pyridine rings is 1. The second-order valence-electron chi connectivity index (χ2n) is 7.41. The van der Waals surface area contributed by atoms with Crippen molar-refractivity contribution in [2.24, 2.45) is 7.05 Å². The molecule has 0 spiro atoms. The van der Waals surface area contributed by atoms with E-state index in [2.05, 4.69) is 31.1 Å². The molecule has 3 N–H and O–H groups in total. The molecule has 11 nitrogen and oxygen atoms in total. The van der Waals surface area contributed by atoms with E-state index in [0.29, 0.717) is 34.2 Å². The minimum Gasteiger partial charge on any atom is -0.373 e. The van der Waals surface area contributed by atoms with Gasteiger partial charge in [-0.25, -0.2) is 4.98 Å². The molecular formula is C20H21N9O2. The van der Waals surface area contributed by atoms with Crippen molar-refractivity contribution >= 4 is 28.9 Å². The largest absolute Gasteiger partial charge is 0.373 e. The number of fused-ring (bicyclic) bond motifs is 1. The van der Waals surface area contributed by atoms with Gasteiger partial charge in [0.05, 0.1) is 18.1 Å². The summed E-state index contributed by atoms with van der Waals surface area (Å²) in [6.45, 7) is 0. The highest BCUT2D eigenvalue weighted by molar-refractivity contribution is 6.00. The Morgan fingerprint density at radius 1 is 1.23 bits per heavy atom. The van der Waals surface area contributed by atoms with Crippen molar-refractivity contribution < 1.29 is 4.79 Å². The first-order chi connectivity index (χ1) is 15.0. The van der Waals surface area contributed by atoms with Gasteiger partial charge in [0.25, 0.3) is 11.5 Å². The zero-order valence-electron chi connectivity index (χ0n) is 17.0. The van der Waals surface area contributed by atoms with Crippen molar-refractivity contribution in [3.05, 3.63) is 58.9 Å². The number of rotatable bonds is 6. The third-order valence-corrected chi connectivity index (χ3v) is 5.06. The van der Waals surface area contributed by atoms with Crippen LogP contribution in [0.1, 0.15) is 23.2 Å². The Morgan fingerprint density at radius 3 is 2.77 bits per heavy atom. The van der Waals surface area contributed by atoms with E-state index in [1.54, 1.807) is 60.1 Å². The molecule has 4 heterocycles. The Morgan fingerprint density at radius 2 is 2.06 bits per heavy atom. The number of hydrogen-bond acceptors (Lipinski definition) is 7. The van der Waals surface area contributed by atoms with Gasteiger partial charge < -0.3 is 16.0 Å². The summed E-state index contributed by atoms with van der Waals surface area (Å²) in [6, 6.07) is 5.39. The van der Waals surface area contributed by atoms with E-state index >= 15 is 0 Å². The van der Waals surface area contributed by atoms with Crippen LogP contribution in [0.15, 0.2) is 47.8 Å². The van der Waals surface area contributed by atoms with Crippen LogP contribution < -0.4 is 21.5 Å². The number of nitrogens with one attached hydrogen (secondary N) is 3. The standard InChI is InChI=1S/C20H21N9O2/c1-21-17-8-16(26-18-14(10-23-29(17)18)19(30)24-12-5-6-12)25-15-4-3-7-28(20(15)31)13-9-22-27(2)11-13/h3-4,7-12,21H,5-6H2,1-2H3,(H,24,30)(H,25,26). The molecule has 0 aromatic carbocycles. The van der Waals surface area contributed by atoms with Crippen molar-refractivity contribution in [3.63, 3.8) is 0 Å². The van der Waals surface area contributed by atoms with Crippen molar-refractivity contribution in [1.82, 2.24) is 34.3 Å². The number of carbonyl (C=O) groups is 1. The molecule has 4 aromatic rings. The van der Waals surface area contributed by atoms with Gasteiger partial charge in [0.15, 0.2) is 5.65 Å². The molecule has 4 aromatic heterocycles. The minimum atomic E-state index is -0.247. The van der Waals surface area contributed by atoms with Crippen LogP contribution in [0, 0.1) is 0 Å². The van der Waals surface area contributed by atoms with Crippen LogP contribution in [0.4, 0.5) is 17.3 Å². The normalized spacial score (nSPS) is 13.4. The molecule has 1 amide bonds. The van der Waals surface area contributed by atoms with Gasteiger partial charge in [-0.05, 0) is 25.0 Å². The third kappa shape index (κ3) is 3.50. The fourth-order valence-electron chi connectivity index (χ4n) is 3.32. The average Bonchev–Trinajstić information content (AvgIpc) is 3.29. The van der Waals surface area contributed by atoms with Gasteiger partial charge in [-0.3, -0.25) is 18.8 Å². The fourth-order valence-corrected chi connectivity index (χ4v) is 3.32. The second-order valence-corrected chi connectivity index (χ2v) is 7.41. The molecule has 5 rings (SSSR count). The van der Waals surface area contributed by atoms with E-state index in [9.17, 15) is 9.59 Å². The average molecular weight is 419 g/mol. The molecule has 0 bridgehead atoms. The number of hydrogen-bond donors (Lipinski definition) is 3. The SMILES string of the molecule is CNc1cc(Nc2cccn(-c3cnn(C)c3)c2=O)nc2c(C(=O)NC3CC3)cnn12. The zero-order valence-corrected chi connectivity index (χ0v) is 17.0. The van der Waals surface area contributed by atoms with Gasteiger partial charge in [-0.2, -0.15) is 14.7 Å². The molecule has 1 aliphatic rings. The first-order valence-electron chi connectivity index (χ1n) is 9.88. The number of aromatic nitrogens is 6. The van der Waals surface area contributed by atoms with Crippen LogP contribution in [0.5, 0.6) is 0 Å². The van der Waals surface area contributed by atoms with Crippen molar-refractivity contribution in [3.8, 4) is 5.69 Å². The lowest BCUT2D eigenvalue weighted by Crippen LogP contribution is -2.25. The summed E-state index contributed by atoms with van der Waals surface area (Å²) >= 11 is 0. The van der Waals surface area contributed by atoms with Crippen LogP contribution in [-0.4, -0.2) is 47.9 Å². The molecular weight excluding hydrogens is 398 g/mol. The first kappa shape index (κ1) is 18.9. The van der Waals surface area contributed by atoms with E-state index in [4.69, 9.17) is 0 Å². The molecule has 0 aliphatic heterocycles. The summed E-state index contributed by atoms with van der Waals surface area (Å²) in [5, 5.41) is 17.5. The zero-order chi connectivity index (χ0) is 21.5. The Labute approximate surface area is 176 Å². The molecule has 0 unspecified atom stereocenters. The Kier molecular flexibility index (Phi) is 4.42. The maximum absolute atomic E-state index is 13.0. The van der Waals surface area contributed by atoms with Crippen LogP contribution >= 0.6 is 0 Å². The molecule has 11 heteroatoms. The summed E-state index contributed by atoms with van der Waals surface area (Å²) in [4.78, 5) is 30.1. The number of aryl methyl sites for hydroxylation is 1. The van der Waals surface area contributed by atoms with Gasteiger partial charge >= 0.3 is 0 Å². The molecule has 1 saturated carbocycles. The summed E-state index contributed by atoms with van der Waals surface area (Å²) < 4.78 is 4.69. The predicted octanol–water partition coefficient (Wildman–Crippen LogP) is 1.29. The Bertz CT molecular complexity index is 1350. The number of anilines is 3. The number of carbonyl (C=O) groups excluding carboxylic acids is 1. The number of nitrogens with zero attached hydrogens (tertiary/aromatic N) is 6. The maximum atomic E-state index is 13.0. The fraction of sp³-hybridized carbons (Fsp3) is 0.250. The summed E-state index contributed by atoms with van der Waals surface area (Å²) in [5.74, 6) is 0.836. The highest BCUT2D eigenvalue weighted by atomic mass is 16.2. The van der Waals surface area contributed by atoms with E-state index in [1.165, 1.54) is 10.8 Å². The summed E-state index contributed by atoms with van der Waals surface area (Å²) in [7, 11) is 3.54. The molecule has 158 valence electrons. The minimum absolute atomic E-state index is 0.206. The molecule has 0 saturated heterocycles. The molecule has 1 fully saturated rings. The van der Waals surface area contributed by atoms with Gasteiger partial charge in [0.2, 0.25) is 0 Å². The monoisotopic (exact) mass is 419 g/mol. The lowest BCUT2D eigenvalue weighted by Gasteiger charge is -2.11. The summed E-state index contributed by atoms with van der Waals surface area (Å²) in [5.41, 5.74) is 1.53. The van der Waals surface area contributed by atoms with Crippen LogP contribution in [0.25, 0.3) is 11.3 Å². The second kappa shape index (κ2) is 7.27. The molecule has 0 radical (unpaired) electrons. The van der Waals surface area contributed by atoms with E-state index in [1.807, 2.05) is 0 Å². The maximum Gasteiger partial charge on any atom is 0.278 e. The topological polar surface area (TPSA) is 123 Å². The van der Waals surface area contributed by atoms with Gasteiger partial charge in [0.1, 0.15) is 22.9 Å². The number of amides is 1. The van der Waals surface area contributed by atoms with Crippen molar-refractivity contribution in [1.29, 1.82) is 0 Å². The molecule has 0 atom stereocenters. The quantitative estimate of drug-likeness (QED) is 0.430. The van der Waals surface area contributed by atoms with E-state index in [0.717, 1.165) is 12.8 Å². The first-order valence-corrected chi connectivity index (χ1v) is 9.88. The predicted molar refractivity (Wildman–Crippen MR) is 115 cm³/mol. The van der Waals surface area contributed by atoms with Crippen molar-refractivity contribution in [2.75, 3.05) is 17.7 Å². The van der Waals surface area contributed by atoms with E-state index in [-0.39, 0.29) is 17.5 Å². The van der Waals surface area contributed by atoms with Crippen molar-refractivity contribution in [2.45, 2.75) is 18.9 Å². The van der Waals surface area contributed by atoms with Crippen LogP contribution in [0.2, 0.25) is 0 Å². The molecule has 31 heavy (non-hydrogen) atoms. The Balaban J connectivity index is 1.53. The van der Waals surface area contributed by atoms with Crippen LogP contribution in [-0.2, 0) is 7.05 Å². The molecule has 1 aliphatic carbocycles. The lowest BCUT2D eigenvalue weighted by atomic mass is 10.3. The third-order valence-electron chi connectivity index (χ3n) is 5.06. The van der Waals surface area contributed by atoms with Gasteiger partial charge in [-0.1, -0.05) is 0 Å². The van der Waals surface area contributed by atoms with Gasteiger partial charge in [-0.15, -0.1) is 0 Å². The van der Waals surface area contributed by atoms with Gasteiger partial charge in [0, 0.05) is 38.6 Å². The van der Waals surface area contributed by atoms with Crippen LogP contribution in [0.3, 0.4) is 0 Å². The highest BCUT2D eigenvalue weighted by Gasteiger charge is 2.26. The Hall–Kier alpha value is -4.15. The summed E-state index contributed by atoms with van der Waals surface area (Å²) in [6.07, 6.45) is 8.53.